The molecule has 138 valence electrons. The van der Waals surface area contributed by atoms with Crippen LogP contribution >= 0.6 is 0 Å². The fourth-order valence-electron chi connectivity index (χ4n) is 2.29. The summed E-state index contributed by atoms with van der Waals surface area (Å²) in [4.78, 5) is 12.5. The number of rotatable bonds is 8. The number of anilines is 1. The molecule has 0 aliphatic heterocycles. The lowest BCUT2D eigenvalue weighted by Gasteiger charge is -2.11. The number of nitrogens with zero attached hydrogens (tertiary/aromatic N) is 1. The van der Waals surface area contributed by atoms with Crippen molar-refractivity contribution in [1.29, 1.82) is 5.26 Å². The predicted octanol–water partition coefficient (Wildman–Crippen LogP) is 3.81. The first-order valence-corrected chi connectivity index (χ1v) is 8.10. The van der Waals surface area contributed by atoms with E-state index >= 15 is 0 Å². The quantitative estimate of drug-likeness (QED) is 0.438. The minimum absolute atomic E-state index is 0.0530. The van der Waals surface area contributed by atoms with Crippen molar-refractivity contribution >= 4 is 17.7 Å². The van der Waals surface area contributed by atoms with Crippen molar-refractivity contribution in [3.05, 3.63) is 66.3 Å². The number of nitrogens with one attached hydrogen (secondary N) is 1. The molecule has 6 heteroatoms. The van der Waals surface area contributed by atoms with Crippen molar-refractivity contribution < 1.29 is 19.0 Å². The van der Waals surface area contributed by atoms with Gasteiger partial charge in [0.25, 0.3) is 5.91 Å². The lowest BCUT2D eigenvalue weighted by molar-refractivity contribution is -0.112. The van der Waals surface area contributed by atoms with Crippen LogP contribution in [0.1, 0.15) is 5.56 Å². The van der Waals surface area contributed by atoms with Crippen LogP contribution in [0.5, 0.6) is 17.2 Å². The van der Waals surface area contributed by atoms with E-state index in [9.17, 15) is 10.1 Å². The first-order chi connectivity index (χ1) is 13.1. The molecule has 0 bridgehead atoms. The van der Waals surface area contributed by atoms with E-state index in [2.05, 4.69) is 11.9 Å². The molecule has 6 nitrogen and oxygen atoms in total. The highest BCUT2D eigenvalue weighted by Crippen LogP contribution is 2.29. The van der Waals surface area contributed by atoms with Gasteiger partial charge in [-0.3, -0.25) is 4.79 Å². The van der Waals surface area contributed by atoms with Crippen LogP contribution < -0.4 is 19.5 Å². The van der Waals surface area contributed by atoms with Gasteiger partial charge in [-0.15, -0.1) is 0 Å². The Bertz CT molecular complexity index is 897. The van der Waals surface area contributed by atoms with Crippen molar-refractivity contribution in [2.45, 2.75) is 0 Å². The van der Waals surface area contributed by atoms with Crippen LogP contribution in [0.25, 0.3) is 6.08 Å². The molecule has 0 heterocycles. The van der Waals surface area contributed by atoms with Crippen molar-refractivity contribution in [2.24, 2.45) is 0 Å². The largest absolute Gasteiger partial charge is 0.495 e. The van der Waals surface area contributed by atoms with Gasteiger partial charge in [0.1, 0.15) is 24.0 Å². The van der Waals surface area contributed by atoms with Gasteiger partial charge in [-0.1, -0.05) is 30.9 Å². The third-order valence-electron chi connectivity index (χ3n) is 3.58. The van der Waals surface area contributed by atoms with E-state index < -0.39 is 5.91 Å². The van der Waals surface area contributed by atoms with Crippen LogP contribution in [0.4, 0.5) is 5.69 Å². The van der Waals surface area contributed by atoms with Crippen LogP contribution in [0.15, 0.2) is 60.7 Å². The summed E-state index contributed by atoms with van der Waals surface area (Å²) in [7, 11) is 3.03. The van der Waals surface area contributed by atoms with E-state index in [1.807, 2.05) is 6.07 Å². The molecule has 0 aliphatic rings. The summed E-state index contributed by atoms with van der Waals surface area (Å²) in [5, 5.41) is 12.1. The maximum absolute atomic E-state index is 12.5. The second-order valence-electron chi connectivity index (χ2n) is 5.33. The van der Waals surface area contributed by atoms with Gasteiger partial charge in [0, 0.05) is 0 Å². The average molecular weight is 364 g/mol. The number of carbonyl (C=O) groups is 1. The molecule has 2 aromatic rings. The molecule has 0 saturated heterocycles. The van der Waals surface area contributed by atoms with Gasteiger partial charge >= 0.3 is 0 Å². The zero-order chi connectivity index (χ0) is 19.6. The van der Waals surface area contributed by atoms with Gasteiger partial charge in [0.15, 0.2) is 11.5 Å². The molecule has 0 fully saturated rings. The molecular weight excluding hydrogens is 344 g/mol. The molecule has 0 atom stereocenters. The summed E-state index contributed by atoms with van der Waals surface area (Å²) in [6.45, 7) is 3.94. The van der Waals surface area contributed by atoms with Gasteiger partial charge < -0.3 is 19.5 Å². The second-order valence-corrected chi connectivity index (χ2v) is 5.33. The molecule has 2 aromatic carbocycles. The summed E-state index contributed by atoms with van der Waals surface area (Å²) in [5.41, 5.74) is 1.06. The standard InChI is InChI=1S/C21H20N2O4/c1-4-11-27-19-10-9-15(13-20(19)26-3)12-16(14-22)21(24)23-17-7-5-6-8-18(17)25-2/h4-10,12-13H,1,11H2,2-3H3,(H,23,24)/b16-12+. The lowest BCUT2D eigenvalue weighted by atomic mass is 10.1. The minimum Gasteiger partial charge on any atom is -0.495 e. The molecular formula is C21H20N2O4. The molecule has 0 unspecified atom stereocenters. The van der Waals surface area contributed by atoms with Crippen LogP contribution in [-0.4, -0.2) is 26.7 Å². The Kier molecular flexibility index (Phi) is 7.03. The van der Waals surface area contributed by atoms with E-state index in [-0.39, 0.29) is 5.57 Å². The van der Waals surface area contributed by atoms with Crippen molar-refractivity contribution in [2.75, 3.05) is 26.1 Å². The number of amides is 1. The highest BCUT2D eigenvalue weighted by atomic mass is 16.5. The van der Waals surface area contributed by atoms with Crippen LogP contribution in [0.3, 0.4) is 0 Å². The Balaban J connectivity index is 2.25. The average Bonchev–Trinajstić information content (AvgIpc) is 2.71. The zero-order valence-electron chi connectivity index (χ0n) is 15.2. The number of methoxy groups -OCH3 is 2. The van der Waals surface area contributed by atoms with Crippen LogP contribution in [-0.2, 0) is 4.79 Å². The Morgan fingerprint density at radius 1 is 1.15 bits per heavy atom. The van der Waals surface area contributed by atoms with E-state index in [0.29, 0.717) is 35.1 Å². The molecule has 2 rings (SSSR count). The fraction of sp³-hybridized carbons (Fsp3) is 0.143. The predicted molar refractivity (Wildman–Crippen MR) is 104 cm³/mol. The summed E-state index contributed by atoms with van der Waals surface area (Å²) < 4.78 is 16.0. The molecule has 0 aromatic heterocycles. The van der Waals surface area contributed by atoms with Crippen molar-refractivity contribution in [3.8, 4) is 23.3 Å². The van der Waals surface area contributed by atoms with Crippen LogP contribution in [0, 0.1) is 11.3 Å². The first-order valence-electron chi connectivity index (χ1n) is 8.10. The molecule has 27 heavy (non-hydrogen) atoms. The maximum atomic E-state index is 12.5. The Morgan fingerprint density at radius 2 is 1.89 bits per heavy atom. The SMILES string of the molecule is C=CCOc1ccc(/C=C(\C#N)C(=O)Nc2ccccc2OC)cc1OC. The lowest BCUT2D eigenvalue weighted by Crippen LogP contribution is -2.14. The van der Waals surface area contributed by atoms with Crippen molar-refractivity contribution in [3.63, 3.8) is 0 Å². The monoisotopic (exact) mass is 364 g/mol. The maximum Gasteiger partial charge on any atom is 0.266 e. The van der Waals surface area contributed by atoms with Gasteiger partial charge in [-0.2, -0.15) is 5.26 Å². The van der Waals surface area contributed by atoms with Gasteiger partial charge in [-0.05, 0) is 35.9 Å². The molecule has 1 amide bonds. The first kappa shape index (κ1) is 19.6. The summed E-state index contributed by atoms with van der Waals surface area (Å²) in [5.74, 6) is 1.01. The second kappa shape index (κ2) is 9.68. The number of benzene rings is 2. The number of hydrogen-bond donors (Lipinski definition) is 1. The van der Waals surface area contributed by atoms with E-state index in [1.54, 1.807) is 48.5 Å². The highest BCUT2D eigenvalue weighted by molar-refractivity contribution is 6.10. The third kappa shape index (κ3) is 5.13. The highest BCUT2D eigenvalue weighted by Gasteiger charge is 2.13. The van der Waals surface area contributed by atoms with Gasteiger partial charge in [0.05, 0.1) is 19.9 Å². The third-order valence-corrected chi connectivity index (χ3v) is 3.58. The Labute approximate surface area is 158 Å². The summed E-state index contributed by atoms with van der Waals surface area (Å²) in [6.07, 6.45) is 3.10. The van der Waals surface area contributed by atoms with E-state index in [1.165, 1.54) is 20.3 Å². The summed E-state index contributed by atoms with van der Waals surface area (Å²) >= 11 is 0. The Morgan fingerprint density at radius 3 is 2.56 bits per heavy atom. The van der Waals surface area contributed by atoms with Crippen molar-refractivity contribution in [1.82, 2.24) is 0 Å². The van der Waals surface area contributed by atoms with E-state index in [0.717, 1.165) is 0 Å². The number of hydrogen-bond acceptors (Lipinski definition) is 5. The minimum atomic E-state index is -0.534. The number of ether oxygens (including phenoxy) is 3. The number of para-hydroxylation sites is 2. The van der Waals surface area contributed by atoms with Crippen LogP contribution in [0.2, 0.25) is 0 Å². The smallest absolute Gasteiger partial charge is 0.266 e. The summed E-state index contributed by atoms with van der Waals surface area (Å²) in [6, 6.07) is 14.0. The van der Waals surface area contributed by atoms with Gasteiger partial charge in [-0.25, -0.2) is 0 Å². The normalized spacial score (nSPS) is 10.5. The Hall–Kier alpha value is -3.72. The van der Waals surface area contributed by atoms with Gasteiger partial charge in [0.2, 0.25) is 0 Å². The molecule has 1 N–H and O–H groups in total. The number of carbonyl (C=O) groups excluding carboxylic acids is 1. The topological polar surface area (TPSA) is 80.6 Å². The number of nitriles is 1. The molecule has 0 aliphatic carbocycles. The van der Waals surface area contributed by atoms with E-state index in [4.69, 9.17) is 14.2 Å². The fourth-order valence-corrected chi connectivity index (χ4v) is 2.29. The molecule has 0 saturated carbocycles. The molecule has 0 spiro atoms. The zero-order valence-corrected chi connectivity index (χ0v) is 15.2. The molecule has 0 radical (unpaired) electrons.